The number of amides is 3. The Morgan fingerprint density at radius 1 is 1.11 bits per heavy atom. The van der Waals surface area contributed by atoms with Crippen LogP contribution in [0.25, 0.3) is 10.2 Å². The molecule has 2 atom stereocenters. The lowest BCUT2D eigenvalue weighted by atomic mass is 9.89. The fourth-order valence-corrected chi connectivity index (χ4v) is 6.59. The summed E-state index contributed by atoms with van der Waals surface area (Å²) in [4.78, 5) is 50.6. The maximum absolute atomic E-state index is 13.4. The first-order valence-electron chi connectivity index (χ1n) is 13.2. The van der Waals surface area contributed by atoms with Crippen LogP contribution in [-0.4, -0.2) is 57.1 Å². The number of hydrogen-bond donors (Lipinski definition) is 2. The minimum absolute atomic E-state index is 0.132. The molecule has 38 heavy (non-hydrogen) atoms. The van der Waals surface area contributed by atoms with Gasteiger partial charge in [-0.15, -0.1) is 11.3 Å². The molecule has 3 N–H and O–H groups in total. The zero-order valence-electron chi connectivity index (χ0n) is 22.1. The number of nitrogens with one attached hydrogen (secondary N) is 1. The molecule has 0 bridgehead atoms. The van der Waals surface area contributed by atoms with Gasteiger partial charge in [0.1, 0.15) is 5.82 Å². The number of fused-ring (bicyclic) bond motifs is 1. The highest BCUT2D eigenvalue weighted by Gasteiger charge is 2.34. The van der Waals surface area contributed by atoms with Crippen molar-refractivity contribution in [2.75, 3.05) is 30.7 Å². The monoisotopic (exact) mass is 534 g/mol. The van der Waals surface area contributed by atoms with Gasteiger partial charge in [0.2, 0.25) is 5.91 Å². The lowest BCUT2D eigenvalue weighted by molar-refractivity contribution is -0.146. The number of aryl methyl sites for hydroxylation is 1. The molecule has 2 aromatic heterocycles. The van der Waals surface area contributed by atoms with E-state index in [2.05, 4.69) is 35.4 Å². The van der Waals surface area contributed by atoms with E-state index in [1.807, 2.05) is 4.90 Å². The predicted octanol–water partition coefficient (Wildman–Crippen LogP) is 4.25. The summed E-state index contributed by atoms with van der Waals surface area (Å²) in [5.41, 5.74) is 8.88. The van der Waals surface area contributed by atoms with E-state index in [4.69, 9.17) is 10.7 Å². The summed E-state index contributed by atoms with van der Waals surface area (Å²) in [6.45, 7) is 7.59. The van der Waals surface area contributed by atoms with Crippen molar-refractivity contribution in [1.82, 2.24) is 19.8 Å². The van der Waals surface area contributed by atoms with Crippen LogP contribution < -0.4 is 11.1 Å². The van der Waals surface area contributed by atoms with Crippen molar-refractivity contribution in [3.8, 4) is 0 Å². The molecule has 0 unspecified atom stereocenters. The molecule has 2 aliphatic heterocycles. The SMILES string of the molecule is CC(=O)N1CCC(c2nc3cc([C@H]4CC[C@H](C)CN4C(=O)C(=O)Nc4cnc(N)c(C)c4)ccc3s2)CC1. The van der Waals surface area contributed by atoms with Gasteiger partial charge in [-0.1, -0.05) is 13.0 Å². The van der Waals surface area contributed by atoms with E-state index in [0.29, 0.717) is 29.9 Å². The van der Waals surface area contributed by atoms with Crippen LogP contribution in [0.5, 0.6) is 0 Å². The Morgan fingerprint density at radius 2 is 1.87 bits per heavy atom. The summed E-state index contributed by atoms with van der Waals surface area (Å²) < 4.78 is 1.11. The minimum atomic E-state index is -0.677. The van der Waals surface area contributed by atoms with Gasteiger partial charge >= 0.3 is 11.8 Å². The van der Waals surface area contributed by atoms with Crippen LogP contribution >= 0.6 is 11.3 Å². The molecule has 0 spiro atoms. The number of aromatic nitrogens is 2. The van der Waals surface area contributed by atoms with Crippen molar-refractivity contribution in [3.05, 3.63) is 46.6 Å². The number of benzene rings is 1. The first kappa shape index (κ1) is 26.1. The first-order valence-corrected chi connectivity index (χ1v) is 14.0. The molecular weight excluding hydrogens is 500 g/mol. The number of nitrogens with two attached hydrogens (primary N) is 1. The van der Waals surface area contributed by atoms with E-state index >= 15 is 0 Å². The second-order valence-electron chi connectivity index (χ2n) is 10.6. The molecule has 3 amide bonds. The van der Waals surface area contributed by atoms with E-state index < -0.39 is 11.8 Å². The van der Waals surface area contributed by atoms with Crippen LogP contribution in [0.1, 0.15) is 67.6 Å². The third-order valence-electron chi connectivity index (χ3n) is 7.75. The third-order valence-corrected chi connectivity index (χ3v) is 8.95. The molecular formula is C28H34N6O3S. The number of pyridine rings is 1. The Hall–Kier alpha value is -3.53. The topological polar surface area (TPSA) is 122 Å². The van der Waals surface area contributed by atoms with E-state index in [0.717, 1.165) is 65.1 Å². The standard InChI is InChI=1S/C28H34N6O3S/c1-16-4-6-23(34(15-16)28(37)26(36)31-21-12-17(2)25(29)30-14-21)20-5-7-24-22(13-20)32-27(38-24)19-8-10-33(11-9-19)18(3)35/h5,7,12-14,16,19,23H,4,6,8-11,15H2,1-3H3,(H2,29,30)(H,31,36)/t16-,23+/m0/s1. The molecule has 2 aliphatic rings. The van der Waals surface area contributed by atoms with Gasteiger partial charge in [-0.3, -0.25) is 14.4 Å². The molecule has 0 aliphatic carbocycles. The van der Waals surface area contributed by atoms with Gasteiger partial charge in [-0.2, -0.15) is 0 Å². The van der Waals surface area contributed by atoms with Crippen molar-refractivity contribution in [3.63, 3.8) is 0 Å². The number of nitrogens with zero attached hydrogens (tertiary/aromatic N) is 4. The molecule has 3 aromatic rings. The van der Waals surface area contributed by atoms with Gasteiger partial charge in [0.05, 0.1) is 33.2 Å². The van der Waals surface area contributed by atoms with Crippen LogP contribution in [0, 0.1) is 12.8 Å². The Balaban J connectivity index is 1.34. The summed E-state index contributed by atoms with van der Waals surface area (Å²) in [6, 6.07) is 7.74. The zero-order valence-corrected chi connectivity index (χ0v) is 22.9. The highest BCUT2D eigenvalue weighted by atomic mass is 32.1. The van der Waals surface area contributed by atoms with Gasteiger partial charge in [-0.05, 0) is 67.9 Å². The number of anilines is 2. The first-order chi connectivity index (χ1) is 18.2. The molecule has 2 fully saturated rings. The average Bonchev–Trinajstić information content (AvgIpc) is 3.34. The zero-order chi connectivity index (χ0) is 27.0. The van der Waals surface area contributed by atoms with Crippen LogP contribution in [-0.2, 0) is 14.4 Å². The maximum atomic E-state index is 13.4. The van der Waals surface area contributed by atoms with E-state index in [9.17, 15) is 14.4 Å². The molecule has 200 valence electrons. The van der Waals surface area contributed by atoms with Crippen molar-refractivity contribution in [2.24, 2.45) is 5.92 Å². The number of carbonyl (C=O) groups excluding carboxylic acids is 3. The molecule has 9 nitrogen and oxygen atoms in total. The van der Waals surface area contributed by atoms with Gasteiger partial charge in [-0.25, -0.2) is 9.97 Å². The fourth-order valence-electron chi connectivity index (χ4n) is 5.48. The van der Waals surface area contributed by atoms with Crippen LogP contribution in [0.15, 0.2) is 30.5 Å². The van der Waals surface area contributed by atoms with Crippen LogP contribution in [0.3, 0.4) is 0 Å². The van der Waals surface area contributed by atoms with Gasteiger partial charge in [0.25, 0.3) is 0 Å². The Labute approximate surface area is 226 Å². The Morgan fingerprint density at radius 3 is 2.58 bits per heavy atom. The van der Waals surface area contributed by atoms with Crippen molar-refractivity contribution < 1.29 is 14.4 Å². The van der Waals surface area contributed by atoms with Crippen molar-refractivity contribution in [2.45, 2.75) is 58.4 Å². The number of thiazole rings is 1. The molecule has 0 radical (unpaired) electrons. The number of hydrogen-bond acceptors (Lipinski definition) is 7. The molecule has 10 heteroatoms. The lowest BCUT2D eigenvalue weighted by Gasteiger charge is -2.38. The van der Waals surface area contributed by atoms with E-state index in [-0.39, 0.29) is 11.9 Å². The van der Waals surface area contributed by atoms with Crippen molar-refractivity contribution >= 4 is 50.8 Å². The molecule has 1 aromatic carbocycles. The third kappa shape index (κ3) is 5.36. The Kier molecular flexibility index (Phi) is 7.34. The summed E-state index contributed by atoms with van der Waals surface area (Å²) in [7, 11) is 0. The normalized spacial score (nSPS) is 20.5. The number of rotatable bonds is 3. The van der Waals surface area contributed by atoms with E-state index in [1.165, 1.54) is 6.20 Å². The second kappa shape index (κ2) is 10.7. The quantitative estimate of drug-likeness (QED) is 0.485. The molecule has 5 rings (SSSR count). The van der Waals surface area contributed by atoms with E-state index in [1.54, 1.807) is 36.2 Å². The number of carbonyl (C=O) groups is 3. The minimum Gasteiger partial charge on any atom is -0.383 e. The second-order valence-corrected chi connectivity index (χ2v) is 11.7. The molecule has 2 saturated heterocycles. The summed E-state index contributed by atoms with van der Waals surface area (Å²) in [5.74, 6) is -0.0426. The summed E-state index contributed by atoms with van der Waals surface area (Å²) in [5, 5.41) is 3.80. The molecule has 0 saturated carbocycles. The summed E-state index contributed by atoms with van der Waals surface area (Å²) in [6.07, 6.45) is 5.07. The predicted molar refractivity (Wildman–Crippen MR) is 149 cm³/mol. The smallest absolute Gasteiger partial charge is 0.313 e. The van der Waals surface area contributed by atoms with Crippen molar-refractivity contribution in [1.29, 1.82) is 0 Å². The van der Waals surface area contributed by atoms with Crippen LogP contribution in [0.4, 0.5) is 11.5 Å². The Bertz CT molecular complexity index is 1380. The van der Waals surface area contributed by atoms with Crippen LogP contribution in [0.2, 0.25) is 0 Å². The summed E-state index contributed by atoms with van der Waals surface area (Å²) >= 11 is 1.71. The maximum Gasteiger partial charge on any atom is 0.313 e. The van der Waals surface area contributed by atoms with Gasteiger partial charge in [0.15, 0.2) is 0 Å². The highest BCUT2D eigenvalue weighted by Crippen LogP contribution is 2.38. The van der Waals surface area contributed by atoms with Gasteiger partial charge in [0, 0.05) is 32.5 Å². The highest BCUT2D eigenvalue weighted by molar-refractivity contribution is 7.18. The number of likely N-dealkylation sites (tertiary alicyclic amines) is 2. The van der Waals surface area contributed by atoms with Gasteiger partial charge < -0.3 is 20.9 Å². The fraction of sp³-hybridized carbons (Fsp3) is 0.464. The average molecular weight is 535 g/mol. The molecule has 4 heterocycles. The lowest BCUT2D eigenvalue weighted by Crippen LogP contribution is -2.46. The number of nitrogen functional groups attached to an aromatic ring is 1. The largest absolute Gasteiger partial charge is 0.383 e. The number of piperidine rings is 2.